The summed E-state index contributed by atoms with van der Waals surface area (Å²) < 4.78 is 0. The van der Waals surface area contributed by atoms with Crippen LogP contribution < -0.4 is 5.32 Å². The van der Waals surface area contributed by atoms with E-state index in [1.54, 1.807) is 0 Å². The highest BCUT2D eigenvalue weighted by Crippen LogP contribution is 2.16. The molecule has 0 aliphatic rings. The molecule has 0 aliphatic carbocycles. The molecule has 106 valence electrons. The van der Waals surface area contributed by atoms with Gasteiger partial charge in [-0.3, -0.25) is 9.89 Å². The monoisotopic (exact) mass is 279 g/mol. The van der Waals surface area contributed by atoms with Crippen LogP contribution in [-0.4, -0.2) is 16.1 Å². The van der Waals surface area contributed by atoms with E-state index in [0.717, 1.165) is 27.7 Å². The maximum Gasteiger partial charge on any atom is 0.251 e. The van der Waals surface area contributed by atoms with Gasteiger partial charge in [-0.15, -0.1) is 0 Å². The summed E-state index contributed by atoms with van der Waals surface area (Å²) in [5.74, 6) is -0.0687. The van der Waals surface area contributed by atoms with Gasteiger partial charge in [0.1, 0.15) is 0 Å². The first-order chi connectivity index (χ1) is 10.1. The Morgan fingerprint density at radius 1 is 1.14 bits per heavy atom. The van der Waals surface area contributed by atoms with Crippen LogP contribution in [-0.2, 0) is 6.54 Å². The van der Waals surface area contributed by atoms with Crippen LogP contribution in [0.25, 0.3) is 10.8 Å². The van der Waals surface area contributed by atoms with Crippen molar-refractivity contribution in [2.75, 3.05) is 0 Å². The second-order valence-corrected chi connectivity index (χ2v) is 5.16. The second kappa shape index (κ2) is 5.40. The third-order valence-corrected chi connectivity index (χ3v) is 3.72. The van der Waals surface area contributed by atoms with E-state index in [-0.39, 0.29) is 5.91 Å². The molecule has 0 unspecified atom stereocenters. The van der Waals surface area contributed by atoms with Gasteiger partial charge in [-0.05, 0) is 36.8 Å². The first-order valence-electron chi connectivity index (χ1n) is 6.92. The normalized spacial score (nSPS) is 10.8. The van der Waals surface area contributed by atoms with Gasteiger partial charge in [-0.25, -0.2) is 0 Å². The largest absolute Gasteiger partial charge is 0.348 e. The zero-order valence-corrected chi connectivity index (χ0v) is 12.1. The number of H-pyrrole nitrogens is 1. The molecule has 4 heteroatoms. The zero-order valence-electron chi connectivity index (χ0n) is 12.1. The molecule has 21 heavy (non-hydrogen) atoms. The number of hydrogen-bond donors (Lipinski definition) is 2. The first kappa shape index (κ1) is 13.4. The van der Waals surface area contributed by atoms with Gasteiger partial charge in [0.05, 0.1) is 5.69 Å². The Morgan fingerprint density at radius 2 is 1.90 bits per heavy atom. The predicted octanol–water partition coefficient (Wildman–Crippen LogP) is 3.11. The molecule has 0 atom stereocenters. The van der Waals surface area contributed by atoms with E-state index in [0.29, 0.717) is 12.1 Å². The molecule has 1 heterocycles. The Bertz CT molecular complexity index is 785. The molecule has 0 saturated carbocycles. The predicted molar refractivity (Wildman–Crippen MR) is 83.2 cm³/mol. The number of aryl methyl sites for hydroxylation is 2. The van der Waals surface area contributed by atoms with Crippen molar-refractivity contribution in [3.63, 3.8) is 0 Å². The second-order valence-electron chi connectivity index (χ2n) is 5.16. The first-order valence-corrected chi connectivity index (χ1v) is 6.92. The van der Waals surface area contributed by atoms with Gasteiger partial charge >= 0.3 is 0 Å². The summed E-state index contributed by atoms with van der Waals surface area (Å²) in [5.41, 5.74) is 3.63. The lowest BCUT2D eigenvalue weighted by molar-refractivity contribution is 0.0951. The fraction of sp³-hybridized carbons (Fsp3) is 0.176. The minimum Gasteiger partial charge on any atom is -0.348 e. The molecule has 0 fully saturated rings. The maximum absolute atomic E-state index is 12.3. The van der Waals surface area contributed by atoms with Crippen molar-refractivity contribution in [1.82, 2.24) is 15.5 Å². The van der Waals surface area contributed by atoms with Crippen LogP contribution in [0.1, 0.15) is 27.3 Å². The van der Waals surface area contributed by atoms with Crippen molar-refractivity contribution < 1.29 is 4.79 Å². The number of nitrogens with zero attached hydrogens (tertiary/aromatic N) is 1. The summed E-state index contributed by atoms with van der Waals surface area (Å²) >= 11 is 0. The molecule has 0 radical (unpaired) electrons. The molecular weight excluding hydrogens is 262 g/mol. The number of rotatable bonds is 3. The standard InChI is InChI=1S/C17H17N3O/c1-11-16(12(2)20-19-11)10-18-17(21)15-8-7-13-5-3-4-6-14(13)9-15/h3-9H,10H2,1-2H3,(H,18,21)(H,19,20). The number of benzene rings is 2. The minimum absolute atomic E-state index is 0.0687. The lowest BCUT2D eigenvalue weighted by Gasteiger charge is -2.07. The van der Waals surface area contributed by atoms with E-state index >= 15 is 0 Å². The lowest BCUT2D eigenvalue weighted by atomic mass is 10.1. The number of carbonyl (C=O) groups excluding carboxylic acids is 1. The summed E-state index contributed by atoms with van der Waals surface area (Å²) in [7, 11) is 0. The average molecular weight is 279 g/mol. The van der Waals surface area contributed by atoms with Crippen molar-refractivity contribution in [2.24, 2.45) is 0 Å². The van der Waals surface area contributed by atoms with Crippen LogP contribution in [0.4, 0.5) is 0 Å². The highest BCUT2D eigenvalue weighted by Gasteiger charge is 2.10. The topological polar surface area (TPSA) is 57.8 Å². The van der Waals surface area contributed by atoms with Crippen LogP contribution in [0.5, 0.6) is 0 Å². The number of hydrogen-bond acceptors (Lipinski definition) is 2. The highest BCUT2D eigenvalue weighted by molar-refractivity contribution is 5.98. The quantitative estimate of drug-likeness (QED) is 0.774. The number of aromatic amines is 1. The number of nitrogens with one attached hydrogen (secondary N) is 2. The third-order valence-electron chi connectivity index (χ3n) is 3.72. The van der Waals surface area contributed by atoms with Gasteiger partial charge in [-0.1, -0.05) is 30.3 Å². The van der Waals surface area contributed by atoms with Gasteiger partial charge in [0.2, 0.25) is 0 Å². The Labute approximate surface area is 123 Å². The van der Waals surface area contributed by atoms with Gasteiger partial charge in [-0.2, -0.15) is 5.10 Å². The lowest BCUT2D eigenvalue weighted by Crippen LogP contribution is -2.23. The Hall–Kier alpha value is -2.62. The van der Waals surface area contributed by atoms with Crippen LogP contribution >= 0.6 is 0 Å². The van der Waals surface area contributed by atoms with Crippen molar-refractivity contribution in [1.29, 1.82) is 0 Å². The Morgan fingerprint density at radius 3 is 2.62 bits per heavy atom. The molecule has 2 aromatic carbocycles. The van der Waals surface area contributed by atoms with Gasteiger partial charge in [0.25, 0.3) is 5.91 Å². The molecule has 1 amide bonds. The van der Waals surface area contributed by atoms with Crippen LogP contribution in [0.15, 0.2) is 42.5 Å². The summed E-state index contributed by atoms with van der Waals surface area (Å²) in [6.07, 6.45) is 0. The van der Waals surface area contributed by atoms with Crippen molar-refractivity contribution in [3.8, 4) is 0 Å². The fourth-order valence-electron chi connectivity index (χ4n) is 2.44. The van der Waals surface area contributed by atoms with Gasteiger partial charge in [0, 0.05) is 23.4 Å². The van der Waals surface area contributed by atoms with Crippen LogP contribution in [0, 0.1) is 13.8 Å². The molecule has 3 rings (SSSR count). The molecule has 4 nitrogen and oxygen atoms in total. The van der Waals surface area contributed by atoms with Crippen LogP contribution in [0.2, 0.25) is 0 Å². The zero-order chi connectivity index (χ0) is 14.8. The molecular formula is C17H17N3O. The summed E-state index contributed by atoms with van der Waals surface area (Å²) in [4.78, 5) is 12.3. The fourth-order valence-corrected chi connectivity index (χ4v) is 2.44. The third kappa shape index (κ3) is 2.65. The van der Waals surface area contributed by atoms with Crippen molar-refractivity contribution in [2.45, 2.75) is 20.4 Å². The van der Waals surface area contributed by atoms with Gasteiger partial charge < -0.3 is 5.32 Å². The molecule has 3 aromatic rings. The summed E-state index contributed by atoms with van der Waals surface area (Å²) in [5, 5.41) is 12.2. The highest BCUT2D eigenvalue weighted by atomic mass is 16.1. The molecule has 0 saturated heterocycles. The SMILES string of the molecule is Cc1n[nH]c(C)c1CNC(=O)c1ccc2ccccc2c1. The number of carbonyl (C=O) groups is 1. The Kier molecular flexibility index (Phi) is 3.44. The summed E-state index contributed by atoms with van der Waals surface area (Å²) in [6, 6.07) is 13.8. The van der Waals surface area contributed by atoms with E-state index in [9.17, 15) is 4.79 Å². The van der Waals surface area contributed by atoms with Crippen LogP contribution in [0.3, 0.4) is 0 Å². The smallest absolute Gasteiger partial charge is 0.251 e. The van der Waals surface area contributed by atoms with E-state index in [1.807, 2.05) is 56.3 Å². The van der Waals surface area contributed by atoms with E-state index < -0.39 is 0 Å². The molecule has 2 N–H and O–H groups in total. The van der Waals surface area contributed by atoms with Crippen molar-refractivity contribution >= 4 is 16.7 Å². The van der Waals surface area contributed by atoms with E-state index in [4.69, 9.17) is 0 Å². The van der Waals surface area contributed by atoms with Crippen molar-refractivity contribution in [3.05, 3.63) is 65.0 Å². The van der Waals surface area contributed by atoms with Gasteiger partial charge in [0.15, 0.2) is 0 Å². The molecule has 0 spiro atoms. The Balaban J connectivity index is 1.78. The molecule has 0 bridgehead atoms. The maximum atomic E-state index is 12.3. The number of amides is 1. The number of aromatic nitrogens is 2. The summed E-state index contributed by atoms with van der Waals surface area (Å²) in [6.45, 7) is 4.37. The number of fused-ring (bicyclic) bond motifs is 1. The average Bonchev–Trinajstić information content (AvgIpc) is 2.83. The minimum atomic E-state index is -0.0687. The molecule has 1 aromatic heterocycles. The van der Waals surface area contributed by atoms with E-state index in [2.05, 4.69) is 15.5 Å². The molecule has 0 aliphatic heterocycles. The van der Waals surface area contributed by atoms with E-state index in [1.165, 1.54) is 0 Å².